The summed E-state index contributed by atoms with van der Waals surface area (Å²) >= 11 is 0. The molecule has 84 valence electrons. The zero-order valence-electron chi connectivity index (χ0n) is 9.60. The van der Waals surface area contributed by atoms with E-state index in [1.807, 2.05) is 24.3 Å². The maximum atomic E-state index is 5.15. The van der Waals surface area contributed by atoms with Crippen molar-refractivity contribution in [3.8, 4) is 5.75 Å². The molecule has 0 saturated carbocycles. The van der Waals surface area contributed by atoms with E-state index in [9.17, 15) is 0 Å². The Morgan fingerprint density at radius 2 is 1.47 bits per heavy atom. The van der Waals surface area contributed by atoms with E-state index in [-0.39, 0.29) is 6.98 Å². The van der Waals surface area contributed by atoms with Crippen LogP contribution in [0.25, 0.3) is 0 Å². The van der Waals surface area contributed by atoms with Gasteiger partial charge in [-0.15, -0.1) is 0 Å². The fourth-order valence-corrected chi connectivity index (χ4v) is 2.04. The van der Waals surface area contributed by atoms with Crippen LogP contribution in [0.4, 0.5) is 11.4 Å². The van der Waals surface area contributed by atoms with Gasteiger partial charge < -0.3 is 15.2 Å². The molecule has 0 bridgehead atoms. The number of anilines is 2. The molecule has 0 unspecified atom stereocenters. The Hall–Kier alpha value is -2.10. The van der Waals surface area contributed by atoms with Gasteiger partial charge in [-0.05, 0) is 29.7 Å². The van der Waals surface area contributed by atoms with Crippen LogP contribution in [0, 0.1) is 0 Å². The molecule has 1 aliphatic heterocycles. The number of hydrogen-bond donors (Lipinski definition) is 2. The lowest BCUT2D eigenvalue weighted by molar-refractivity contribution is 0.415. The average Bonchev–Trinajstić information content (AvgIpc) is 2.82. The summed E-state index contributed by atoms with van der Waals surface area (Å²) in [5.41, 5.74) is 3.49. The molecule has 0 saturated heterocycles. The summed E-state index contributed by atoms with van der Waals surface area (Å²) in [4.78, 5) is 0. The summed E-state index contributed by atoms with van der Waals surface area (Å²) in [7, 11) is 1.68. The van der Waals surface area contributed by atoms with Crippen molar-refractivity contribution in [2.24, 2.45) is 0 Å². The highest BCUT2D eigenvalue weighted by Crippen LogP contribution is 2.26. The third-order valence-electron chi connectivity index (χ3n) is 2.98. The molecule has 2 aromatic rings. The average molecular weight is 224 g/mol. The molecule has 1 aliphatic rings. The Balaban J connectivity index is 1.83. The quantitative estimate of drug-likeness (QED) is 0.764. The van der Waals surface area contributed by atoms with E-state index in [0.717, 1.165) is 17.1 Å². The van der Waals surface area contributed by atoms with Crippen LogP contribution in [0.2, 0.25) is 0 Å². The fraction of sp³-hybridized carbons (Fsp3) is 0.0769. The van der Waals surface area contributed by atoms with Crippen LogP contribution in [0.3, 0.4) is 0 Å². The zero-order valence-corrected chi connectivity index (χ0v) is 9.60. The van der Waals surface area contributed by atoms with E-state index in [1.54, 1.807) is 7.11 Å². The van der Waals surface area contributed by atoms with E-state index in [1.165, 1.54) is 5.46 Å². The van der Waals surface area contributed by atoms with Crippen molar-refractivity contribution in [3.63, 3.8) is 0 Å². The van der Waals surface area contributed by atoms with Gasteiger partial charge >= 0.3 is 6.98 Å². The van der Waals surface area contributed by atoms with E-state index >= 15 is 0 Å². The van der Waals surface area contributed by atoms with Gasteiger partial charge in [0.1, 0.15) is 5.75 Å². The van der Waals surface area contributed by atoms with Crippen molar-refractivity contribution in [1.29, 1.82) is 0 Å². The fourth-order valence-electron chi connectivity index (χ4n) is 2.04. The maximum absolute atomic E-state index is 5.15. The van der Waals surface area contributed by atoms with Gasteiger partial charge in [-0.3, -0.25) is 0 Å². The van der Waals surface area contributed by atoms with Crippen LogP contribution in [0.5, 0.6) is 5.75 Å². The van der Waals surface area contributed by atoms with Crippen molar-refractivity contribution in [2.75, 3.05) is 17.6 Å². The number of rotatable bonds is 2. The molecule has 0 amide bonds. The number of ether oxygens (including phenoxy) is 1. The second kappa shape index (κ2) is 4.05. The standard InChI is InChI=1S/C13H13BN2O/c1-17-11-8-6-10(7-9-11)14-15-12-4-2-3-5-13(12)16-14/h2-9,15-16H,1H3. The molecular weight excluding hydrogens is 211 g/mol. The number of benzene rings is 2. The van der Waals surface area contributed by atoms with Gasteiger partial charge in [0, 0.05) is 11.4 Å². The first-order valence-corrected chi connectivity index (χ1v) is 5.63. The number of nitrogens with one attached hydrogen (secondary N) is 2. The molecule has 1 heterocycles. The Bertz CT molecular complexity index is 502. The van der Waals surface area contributed by atoms with E-state index < -0.39 is 0 Å². The minimum atomic E-state index is 0.137. The molecule has 0 fully saturated rings. The van der Waals surface area contributed by atoms with Crippen LogP contribution in [0.1, 0.15) is 0 Å². The van der Waals surface area contributed by atoms with Crippen LogP contribution in [-0.2, 0) is 0 Å². The molecule has 0 aliphatic carbocycles. The van der Waals surface area contributed by atoms with E-state index in [2.05, 4.69) is 34.7 Å². The molecule has 0 radical (unpaired) electrons. The first-order valence-electron chi connectivity index (χ1n) is 5.63. The molecule has 3 nitrogen and oxygen atoms in total. The summed E-state index contributed by atoms with van der Waals surface area (Å²) < 4.78 is 5.15. The third kappa shape index (κ3) is 1.82. The molecule has 17 heavy (non-hydrogen) atoms. The highest BCUT2D eigenvalue weighted by molar-refractivity contribution is 6.80. The SMILES string of the molecule is COc1ccc(B2Nc3ccccc3N2)cc1. The normalized spacial score (nSPS) is 12.6. The summed E-state index contributed by atoms with van der Waals surface area (Å²) in [6, 6.07) is 16.3. The first-order chi connectivity index (χ1) is 8.36. The predicted octanol–water partition coefficient (Wildman–Crippen LogP) is 1.93. The highest BCUT2D eigenvalue weighted by atomic mass is 16.5. The number of methoxy groups -OCH3 is 1. The Kier molecular flexibility index (Phi) is 2.40. The van der Waals surface area contributed by atoms with Crippen molar-refractivity contribution in [2.45, 2.75) is 0 Å². The summed E-state index contributed by atoms with van der Waals surface area (Å²) in [6.07, 6.45) is 0. The maximum Gasteiger partial charge on any atom is 0.406 e. The predicted molar refractivity (Wildman–Crippen MR) is 72.1 cm³/mol. The topological polar surface area (TPSA) is 33.3 Å². The monoisotopic (exact) mass is 224 g/mol. The summed E-state index contributed by atoms with van der Waals surface area (Å²) in [5.74, 6) is 0.879. The summed E-state index contributed by atoms with van der Waals surface area (Å²) in [5, 5.41) is 6.87. The summed E-state index contributed by atoms with van der Waals surface area (Å²) in [6.45, 7) is 0.137. The molecule has 2 N–H and O–H groups in total. The van der Waals surface area contributed by atoms with Gasteiger partial charge in [0.15, 0.2) is 0 Å². The van der Waals surface area contributed by atoms with Crippen molar-refractivity contribution in [1.82, 2.24) is 0 Å². The van der Waals surface area contributed by atoms with E-state index in [0.29, 0.717) is 0 Å². The third-order valence-corrected chi connectivity index (χ3v) is 2.98. The number of hydrogen-bond acceptors (Lipinski definition) is 3. The molecule has 0 aromatic heterocycles. The van der Waals surface area contributed by atoms with Crippen molar-refractivity contribution in [3.05, 3.63) is 48.5 Å². The second-order valence-electron chi connectivity index (χ2n) is 4.04. The lowest BCUT2D eigenvalue weighted by atomic mass is 9.69. The largest absolute Gasteiger partial charge is 0.497 e. The zero-order chi connectivity index (χ0) is 11.7. The Labute approximate surface area is 101 Å². The first kappa shape index (κ1) is 10.1. The van der Waals surface area contributed by atoms with Gasteiger partial charge in [-0.2, -0.15) is 0 Å². The van der Waals surface area contributed by atoms with Crippen LogP contribution < -0.4 is 20.7 Å². The lowest BCUT2D eigenvalue weighted by Crippen LogP contribution is -2.41. The van der Waals surface area contributed by atoms with Crippen molar-refractivity contribution >= 4 is 23.8 Å². The second-order valence-corrected chi connectivity index (χ2v) is 4.04. The molecule has 2 aromatic carbocycles. The highest BCUT2D eigenvalue weighted by Gasteiger charge is 2.25. The smallest absolute Gasteiger partial charge is 0.406 e. The molecular formula is C13H13BN2O. The number of fused-ring (bicyclic) bond motifs is 1. The molecule has 0 spiro atoms. The van der Waals surface area contributed by atoms with Gasteiger partial charge in [-0.1, -0.05) is 24.3 Å². The Morgan fingerprint density at radius 3 is 2.00 bits per heavy atom. The van der Waals surface area contributed by atoms with Crippen LogP contribution in [-0.4, -0.2) is 14.1 Å². The van der Waals surface area contributed by atoms with Gasteiger partial charge in [0.05, 0.1) is 7.11 Å². The van der Waals surface area contributed by atoms with Gasteiger partial charge in [0.2, 0.25) is 0 Å². The van der Waals surface area contributed by atoms with Gasteiger partial charge in [-0.25, -0.2) is 0 Å². The Morgan fingerprint density at radius 1 is 0.882 bits per heavy atom. The van der Waals surface area contributed by atoms with Crippen LogP contribution >= 0.6 is 0 Å². The molecule has 3 rings (SSSR count). The minimum absolute atomic E-state index is 0.137. The molecule has 0 atom stereocenters. The lowest BCUT2D eigenvalue weighted by Gasteiger charge is -2.08. The van der Waals surface area contributed by atoms with E-state index in [4.69, 9.17) is 4.74 Å². The van der Waals surface area contributed by atoms with Crippen LogP contribution in [0.15, 0.2) is 48.5 Å². The van der Waals surface area contributed by atoms with Gasteiger partial charge in [0.25, 0.3) is 0 Å². The van der Waals surface area contributed by atoms with Crippen molar-refractivity contribution < 1.29 is 4.74 Å². The minimum Gasteiger partial charge on any atom is -0.497 e. The molecule has 4 heteroatoms. The number of para-hydroxylation sites is 2.